The van der Waals surface area contributed by atoms with Gasteiger partial charge >= 0.3 is 0 Å². The molecule has 0 aliphatic heterocycles. The monoisotopic (exact) mass is 203 g/mol. The van der Waals surface area contributed by atoms with Crippen molar-refractivity contribution in [1.82, 2.24) is 0 Å². The minimum absolute atomic E-state index is 0.290. The van der Waals surface area contributed by atoms with Crippen LogP contribution in [0, 0.1) is 5.92 Å². The van der Waals surface area contributed by atoms with E-state index in [1.807, 2.05) is 25.1 Å². The standard InChI is InChI=1S/C14H19O/c1-4-13(15)10-14(11(2)3)12-8-6-5-7-9-12/h5-9,14H,4,10H2,1-3H3. The summed E-state index contributed by atoms with van der Waals surface area (Å²) in [5.41, 5.74) is 1.25. The molecule has 0 spiro atoms. The van der Waals surface area contributed by atoms with Crippen molar-refractivity contribution in [2.75, 3.05) is 0 Å². The van der Waals surface area contributed by atoms with E-state index in [0.29, 0.717) is 24.5 Å². The number of carbonyl (C=O) groups excluding carboxylic acids is 1. The van der Waals surface area contributed by atoms with Crippen molar-refractivity contribution in [1.29, 1.82) is 0 Å². The summed E-state index contributed by atoms with van der Waals surface area (Å²) in [6, 6.07) is 10.3. The highest BCUT2D eigenvalue weighted by molar-refractivity contribution is 5.79. The van der Waals surface area contributed by atoms with Gasteiger partial charge in [-0.1, -0.05) is 51.1 Å². The lowest BCUT2D eigenvalue weighted by molar-refractivity contribution is -0.119. The SMILES string of the molecule is CCC(=O)CC([C](C)C)c1ccccc1. The molecule has 1 aromatic rings. The van der Waals surface area contributed by atoms with E-state index in [1.54, 1.807) is 0 Å². The molecule has 1 unspecified atom stereocenters. The van der Waals surface area contributed by atoms with Crippen LogP contribution in [0.4, 0.5) is 0 Å². The van der Waals surface area contributed by atoms with Crippen LogP contribution in [0.15, 0.2) is 30.3 Å². The number of carbonyl (C=O) groups is 1. The molecule has 15 heavy (non-hydrogen) atoms. The maximum Gasteiger partial charge on any atom is 0.133 e. The van der Waals surface area contributed by atoms with Crippen LogP contribution in [0.3, 0.4) is 0 Å². The van der Waals surface area contributed by atoms with Gasteiger partial charge in [0.25, 0.3) is 0 Å². The Hall–Kier alpha value is -1.11. The van der Waals surface area contributed by atoms with Crippen molar-refractivity contribution in [3.8, 4) is 0 Å². The molecule has 1 nitrogen and oxygen atoms in total. The van der Waals surface area contributed by atoms with Crippen molar-refractivity contribution in [2.45, 2.75) is 39.5 Å². The Balaban J connectivity index is 2.79. The average molecular weight is 203 g/mol. The number of rotatable bonds is 5. The lowest BCUT2D eigenvalue weighted by Crippen LogP contribution is -2.10. The third kappa shape index (κ3) is 3.50. The summed E-state index contributed by atoms with van der Waals surface area (Å²) in [5.74, 6) is 1.94. The molecule has 0 aliphatic rings. The third-order valence-corrected chi connectivity index (χ3v) is 2.72. The molecule has 1 rings (SSSR count). The summed E-state index contributed by atoms with van der Waals surface area (Å²) in [5, 5.41) is 0. The van der Waals surface area contributed by atoms with Gasteiger partial charge in [0, 0.05) is 12.8 Å². The number of hydrogen-bond acceptors (Lipinski definition) is 1. The highest BCUT2D eigenvalue weighted by atomic mass is 16.1. The highest BCUT2D eigenvalue weighted by Gasteiger charge is 2.18. The maximum absolute atomic E-state index is 11.5. The van der Waals surface area contributed by atoms with Gasteiger partial charge in [0.2, 0.25) is 0 Å². The topological polar surface area (TPSA) is 17.1 Å². The Morgan fingerprint density at radius 2 is 1.80 bits per heavy atom. The zero-order valence-corrected chi connectivity index (χ0v) is 9.79. The average Bonchev–Trinajstić information content (AvgIpc) is 2.26. The quantitative estimate of drug-likeness (QED) is 0.712. The number of Topliss-reactive ketones (excluding diaryl/α,β-unsaturated/α-hetero) is 1. The van der Waals surface area contributed by atoms with E-state index in [9.17, 15) is 4.79 Å². The van der Waals surface area contributed by atoms with Gasteiger partial charge < -0.3 is 0 Å². The molecule has 0 amide bonds. The van der Waals surface area contributed by atoms with Crippen molar-refractivity contribution in [3.63, 3.8) is 0 Å². The Bertz CT molecular complexity index is 300. The van der Waals surface area contributed by atoms with Crippen LogP contribution in [0.5, 0.6) is 0 Å². The summed E-state index contributed by atoms with van der Waals surface area (Å²) in [6.07, 6.45) is 1.28. The van der Waals surface area contributed by atoms with Crippen LogP contribution in [0.25, 0.3) is 0 Å². The molecule has 0 aliphatic carbocycles. The molecule has 1 radical (unpaired) electrons. The van der Waals surface area contributed by atoms with Crippen LogP contribution in [-0.2, 0) is 4.79 Å². The lowest BCUT2D eigenvalue weighted by atomic mass is 9.84. The molecule has 1 atom stereocenters. The van der Waals surface area contributed by atoms with E-state index in [0.717, 1.165) is 0 Å². The van der Waals surface area contributed by atoms with E-state index >= 15 is 0 Å². The molecule has 0 heterocycles. The van der Waals surface area contributed by atoms with Gasteiger partial charge in [-0.2, -0.15) is 0 Å². The maximum atomic E-state index is 11.5. The highest BCUT2D eigenvalue weighted by Crippen LogP contribution is 2.29. The second-order valence-electron chi connectivity index (χ2n) is 4.14. The number of benzene rings is 1. The van der Waals surface area contributed by atoms with E-state index < -0.39 is 0 Å². The summed E-state index contributed by atoms with van der Waals surface area (Å²) >= 11 is 0. The first-order chi connectivity index (χ1) is 7.15. The Kier molecular flexibility index (Phi) is 4.54. The van der Waals surface area contributed by atoms with Gasteiger partial charge in [-0.05, 0) is 17.4 Å². The van der Waals surface area contributed by atoms with Crippen LogP contribution < -0.4 is 0 Å². The Labute approximate surface area is 92.5 Å². The van der Waals surface area contributed by atoms with Gasteiger partial charge in [-0.15, -0.1) is 0 Å². The van der Waals surface area contributed by atoms with Crippen molar-refractivity contribution >= 4 is 5.78 Å². The molecule has 0 aromatic heterocycles. The van der Waals surface area contributed by atoms with Gasteiger partial charge in [-0.25, -0.2) is 0 Å². The molecule has 0 bridgehead atoms. The Morgan fingerprint density at radius 1 is 1.20 bits per heavy atom. The fourth-order valence-electron chi connectivity index (χ4n) is 1.71. The largest absolute Gasteiger partial charge is 0.300 e. The molecule has 0 saturated carbocycles. The van der Waals surface area contributed by atoms with E-state index in [1.165, 1.54) is 11.5 Å². The van der Waals surface area contributed by atoms with Crippen LogP contribution in [-0.4, -0.2) is 5.78 Å². The normalized spacial score (nSPS) is 12.8. The number of hydrogen-bond donors (Lipinski definition) is 0. The fourth-order valence-corrected chi connectivity index (χ4v) is 1.71. The summed E-state index contributed by atoms with van der Waals surface area (Å²) in [4.78, 5) is 11.5. The molecule has 81 valence electrons. The summed E-state index contributed by atoms with van der Waals surface area (Å²) < 4.78 is 0. The molecular weight excluding hydrogens is 184 g/mol. The smallest absolute Gasteiger partial charge is 0.133 e. The molecular formula is C14H19O. The second-order valence-corrected chi connectivity index (χ2v) is 4.14. The third-order valence-electron chi connectivity index (χ3n) is 2.72. The molecule has 0 fully saturated rings. The van der Waals surface area contributed by atoms with Crippen LogP contribution >= 0.6 is 0 Å². The first-order valence-corrected chi connectivity index (χ1v) is 5.51. The number of ketones is 1. The summed E-state index contributed by atoms with van der Waals surface area (Å²) in [7, 11) is 0. The van der Waals surface area contributed by atoms with E-state index in [2.05, 4.69) is 26.0 Å². The minimum Gasteiger partial charge on any atom is -0.300 e. The Morgan fingerprint density at radius 3 is 2.27 bits per heavy atom. The van der Waals surface area contributed by atoms with E-state index in [-0.39, 0.29) is 0 Å². The second kappa shape index (κ2) is 5.69. The summed E-state index contributed by atoms with van der Waals surface area (Å²) in [6.45, 7) is 6.12. The van der Waals surface area contributed by atoms with Gasteiger partial charge in [-0.3, -0.25) is 4.79 Å². The zero-order chi connectivity index (χ0) is 11.3. The molecule has 1 aromatic carbocycles. The van der Waals surface area contributed by atoms with Gasteiger partial charge in [0.15, 0.2) is 0 Å². The molecule has 0 saturated heterocycles. The molecule has 1 heteroatoms. The van der Waals surface area contributed by atoms with Crippen molar-refractivity contribution in [2.24, 2.45) is 0 Å². The minimum atomic E-state index is 0.290. The predicted molar refractivity (Wildman–Crippen MR) is 63.7 cm³/mol. The predicted octanol–water partition coefficient (Wildman–Crippen LogP) is 3.75. The first kappa shape index (κ1) is 12.0. The van der Waals surface area contributed by atoms with Crippen molar-refractivity contribution in [3.05, 3.63) is 41.8 Å². The van der Waals surface area contributed by atoms with Gasteiger partial charge in [0.05, 0.1) is 0 Å². The zero-order valence-electron chi connectivity index (χ0n) is 9.79. The van der Waals surface area contributed by atoms with Crippen LogP contribution in [0.2, 0.25) is 0 Å². The van der Waals surface area contributed by atoms with Crippen molar-refractivity contribution < 1.29 is 4.79 Å². The van der Waals surface area contributed by atoms with Crippen LogP contribution in [0.1, 0.15) is 45.1 Å². The van der Waals surface area contributed by atoms with Gasteiger partial charge in [0.1, 0.15) is 5.78 Å². The lowest BCUT2D eigenvalue weighted by Gasteiger charge is -2.19. The van der Waals surface area contributed by atoms with E-state index in [4.69, 9.17) is 0 Å². The fraction of sp³-hybridized carbons (Fsp3) is 0.429. The first-order valence-electron chi connectivity index (χ1n) is 5.51. The molecule has 0 N–H and O–H groups in total.